The van der Waals surface area contributed by atoms with Gasteiger partial charge in [-0.3, -0.25) is 5.10 Å². The van der Waals surface area contributed by atoms with Crippen molar-refractivity contribution in [2.45, 2.75) is 6.10 Å². The van der Waals surface area contributed by atoms with Gasteiger partial charge < -0.3 is 25.6 Å². The monoisotopic (exact) mass is 466 g/mol. The van der Waals surface area contributed by atoms with Crippen LogP contribution in [0.5, 0.6) is 5.75 Å². The fraction of sp³-hybridized carbons (Fsp3) is 0.200. The number of benzene rings is 3. The Morgan fingerprint density at radius 2 is 1.79 bits per heavy atom. The van der Waals surface area contributed by atoms with Crippen molar-refractivity contribution >= 4 is 22.6 Å². The second-order valence-corrected chi connectivity index (χ2v) is 7.36. The van der Waals surface area contributed by atoms with E-state index < -0.39 is 12.1 Å². The van der Waals surface area contributed by atoms with Gasteiger partial charge in [-0.05, 0) is 48.5 Å². The zero-order chi connectivity index (χ0) is 24.2. The van der Waals surface area contributed by atoms with Crippen LogP contribution in [0, 0.1) is 5.82 Å². The van der Waals surface area contributed by atoms with Gasteiger partial charge >= 0.3 is 5.97 Å². The van der Waals surface area contributed by atoms with Crippen molar-refractivity contribution in [3.63, 3.8) is 0 Å². The van der Waals surface area contributed by atoms with Crippen LogP contribution in [0.1, 0.15) is 10.4 Å². The van der Waals surface area contributed by atoms with Gasteiger partial charge in [0.05, 0.1) is 17.3 Å². The predicted molar refractivity (Wildman–Crippen MR) is 129 cm³/mol. The quantitative estimate of drug-likeness (QED) is 0.227. The topological polar surface area (TPSA) is 120 Å². The van der Waals surface area contributed by atoms with E-state index in [0.717, 1.165) is 23.1 Å². The molecule has 8 nitrogen and oxygen atoms in total. The van der Waals surface area contributed by atoms with Crippen LogP contribution in [0.15, 0.2) is 79.0 Å². The summed E-state index contributed by atoms with van der Waals surface area (Å²) in [6.45, 7) is 1.98. The predicted octanol–water partition coefficient (Wildman–Crippen LogP) is 3.53. The van der Waals surface area contributed by atoms with Crippen molar-refractivity contribution in [2.24, 2.45) is 0 Å². The Labute approximate surface area is 196 Å². The highest BCUT2D eigenvalue weighted by Gasteiger charge is 2.06. The molecule has 178 valence electrons. The lowest BCUT2D eigenvalue weighted by Crippen LogP contribution is -2.34. The minimum atomic E-state index is -0.879. The fourth-order valence-corrected chi connectivity index (χ4v) is 3.04. The average molecular weight is 467 g/mol. The molecule has 9 heteroatoms. The molecule has 4 rings (SSSR count). The number of aliphatic hydroxyl groups is 1. The Kier molecular flexibility index (Phi) is 9.39. The van der Waals surface area contributed by atoms with Crippen molar-refractivity contribution in [2.75, 3.05) is 31.6 Å². The Bertz CT molecular complexity index is 1150. The maximum Gasteiger partial charge on any atom is 0.335 e. The van der Waals surface area contributed by atoms with Crippen LogP contribution in [-0.4, -0.2) is 58.7 Å². The molecule has 1 heterocycles. The number of ether oxygens (including phenoxy) is 1. The van der Waals surface area contributed by atoms with Crippen molar-refractivity contribution < 1.29 is 24.1 Å². The molecule has 3 aromatic carbocycles. The van der Waals surface area contributed by atoms with Crippen molar-refractivity contribution in [1.82, 2.24) is 15.5 Å². The number of aliphatic hydroxyl groups excluding tert-OH is 1. The van der Waals surface area contributed by atoms with E-state index in [1.54, 1.807) is 36.5 Å². The molecule has 5 N–H and O–H groups in total. The van der Waals surface area contributed by atoms with Crippen LogP contribution in [0.2, 0.25) is 0 Å². The molecular formula is C25H27FN4O4. The standard InChI is InChI=1S/C18H21FN4O2.C7H6O2/c19-13-4-6-15(7-5-13)25-12-14(24)10-20-8-9-21-17-2-1-3-18-16(17)11-22-23-18;8-7(9)6-4-2-1-3-5-6/h1-7,11,14,20-21,24H,8-10,12H2,(H,22,23);1-5H,(H,8,9). The molecule has 0 radical (unpaired) electrons. The lowest BCUT2D eigenvalue weighted by atomic mass is 10.2. The number of fused-ring (bicyclic) bond motifs is 1. The number of rotatable bonds is 10. The van der Waals surface area contributed by atoms with Crippen LogP contribution in [0.4, 0.5) is 10.1 Å². The largest absolute Gasteiger partial charge is 0.491 e. The smallest absolute Gasteiger partial charge is 0.335 e. The molecule has 4 aromatic rings. The van der Waals surface area contributed by atoms with Crippen LogP contribution in [0.3, 0.4) is 0 Å². The number of nitrogens with zero attached hydrogens (tertiary/aromatic N) is 1. The molecule has 1 atom stereocenters. The van der Waals surface area contributed by atoms with Crippen molar-refractivity contribution in [1.29, 1.82) is 0 Å². The number of aromatic carboxylic acids is 1. The minimum absolute atomic E-state index is 0.153. The zero-order valence-electron chi connectivity index (χ0n) is 18.4. The second kappa shape index (κ2) is 12.9. The third-order valence-corrected chi connectivity index (χ3v) is 4.76. The highest BCUT2D eigenvalue weighted by molar-refractivity contribution is 5.90. The summed E-state index contributed by atoms with van der Waals surface area (Å²) in [7, 11) is 0. The van der Waals surface area contributed by atoms with E-state index in [9.17, 15) is 14.3 Å². The molecule has 0 bridgehead atoms. The molecule has 0 aliphatic heterocycles. The van der Waals surface area contributed by atoms with E-state index in [1.165, 1.54) is 24.3 Å². The number of anilines is 1. The number of H-pyrrole nitrogens is 1. The van der Waals surface area contributed by atoms with E-state index in [1.807, 2.05) is 18.2 Å². The first-order valence-corrected chi connectivity index (χ1v) is 10.7. The van der Waals surface area contributed by atoms with Gasteiger partial charge in [-0.2, -0.15) is 5.10 Å². The summed E-state index contributed by atoms with van der Waals surface area (Å²) in [5.74, 6) is -0.654. The molecule has 0 saturated heterocycles. The maximum absolute atomic E-state index is 12.8. The summed E-state index contributed by atoms with van der Waals surface area (Å²) in [5.41, 5.74) is 2.34. The van der Waals surface area contributed by atoms with Gasteiger partial charge in [-0.25, -0.2) is 9.18 Å². The van der Waals surface area contributed by atoms with E-state index in [-0.39, 0.29) is 12.4 Å². The van der Waals surface area contributed by atoms with Gasteiger partial charge in [0.15, 0.2) is 0 Å². The average Bonchev–Trinajstić information content (AvgIpc) is 3.34. The van der Waals surface area contributed by atoms with E-state index in [4.69, 9.17) is 9.84 Å². The van der Waals surface area contributed by atoms with Gasteiger partial charge in [0, 0.05) is 30.7 Å². The first-order chi connectivity index (χ1) is 16.5. The molecular weight excluding hydrogens is 439 g/mol. The molecule has 0 aliphatic rings. The third kappa shape index (κ3) is 7.88. The molecule has 0 amide bonds. The summed E-state index contributed by atoms with van der Waals surface area (Å²) >= 11 is 0. The Morgan fingerprint density at radius 3 is 2.50 bits per heavy atom. The Hall–Kier alpha value is -3.95. The number of halogens is 1. The number of carboxylic acids is 1. The van der Waals surface area contributed by atoms with E-state index in [0.29, 0.717) is 24.4 Å². The number of hydrogen-bond acceptors (Lipinski definition) is 6. The summed E-state index contributed by atoms with van der Waals surface area (Å²) in [5, 5.41) is 32.8. The SMILES string of the molecule is O=C(O)c1ccccc1.OC(CNCCNc1cccc2[nH]ncc12)COc1ccc(F)cc1. The number of nitrogens with one attached hydrogen (secondary N) is 3. The molecule has 0 fully saturated rings. The number of aromatic amines is 1. The van der Waals surface area contributed by atoms with Gasteiger partial charge in [-0.1, -0.05) is 24.3 Å². The van der Waals surface area contributed by atoms with Crippen molar-refractivity contribution in [3.8, 4) is 5.75 Å². The van der Waals surface area contributed by atoms with Gasteiger partial charge in [0.1, 0.15) is 24.3 Å². The number of hydrogen-bond donors (Lipinski definition) is 5. The van der Waals surface area contributed by atoms with Gasteiger partial charge in [0.25, 0.3) is 0 Å². The van der Waals surface area contributed by atoms with Crippen LogP contribution in [0.25, 0.3) is 10.9 Å². The summed E-state index contributed by atoms with van der Waals surface area (Å²) in [6, 6.07) is 20.0. The Balaban J connectivity index is 0.000000302. The summed E-state index contributed by atoms with van der Waals surface area (Å²) in [4.78, 5) is 10.2. The zero-order valence-corrected chi connectivity index (χ0v) is 18.4. The van der Waals surface area contributed by atoms with E-state index in [2.05, 4.69) is 20.8 Å². The van der Waals surface area contributed by atoms with Crippen LogP contribution >= 0.6 is 0 Å². The first-order valence-electron chi connectivity index (χ1n) is 10.7. The van der Waals surface area contributed by atoms with Crippen LogP contribution < -0.4 is 15.4 Å². The van der Waals surface area contributed by atoms with Crippen LogP contribution in [-0.2, 0) is 0 Å². The lowest BCUT2D eigenvalue weighted by molar-refractivity contribution is 0.0697. The maximum atomic E-state index is 12.8. The molecule has 34 heavy (non-hydrogen) atoms. The normalized spacial score (nSPS) is 11.4. The Morgan fingerprint density at radius 1 is 1.03 bits per heavy atom. The molecule has 1 unspecified atom stereocenters. The fourth-order valence-electron chi connectivity index (χ4n) is 3.04. The number of aromatic nitrogens is 2. The van der Waals surface area contributed by atoms with E-state index >= 15 is 0 Å². The van der Waals surface area contributed by atoms with Gasteiger partial charge in [-0.15, -0.1) is 0 Å². The number of carboxylic acid groups (broad SMARTS) is 1. The molecule has 0 spiro atoms. The van der Waals surface area contributed by atoms with Crippen molar-refractivity contribution in [3.05, 3.63) is 90.4 Å². The summed E-state index contributed by atoms with van der Waals surface area (Å²) < 4.78 is 18.2. The van der Waals surface area contributed by atoms with Gasteiger partial charge in [0.2, 0.25) is 0 Å². The summed E-state index contributed by atoms with van der Waals surface area (Å²) in [6.07, 6.45) is 1.16. The third-order valence-electron chi connectivity index (χ3n) is 4.76. The first kappa shape index (κ1) is 24.7. The highest BCUT2D eigenvalue weighted by atomic mass is 19.1. The highest BCUT2D eigenvalue weighted by Crippen LogP contribution is 2.20. The number of carbonyl (C=O) groups is 1. The second-order valence-electron chi connectivity index (χ2n) is 7.36. The molecule has 1 aromatic heterocycles. The molecule has 0 aliphatic carbocycles. The lowest BCUT2D eigenvalue weighted by Gasteiger charge is -2.14. The minimum Gasteiger partial charge on any atom is -0.491 e. The molecule has 0 saturated carbocycles.